The minimum absolute atomic E-state index is 0.0860. The average molecular weight is 260 g/mol. The molecule has 0 amide bonds. The Hall–Kier alpha value is -0.330. The Morgan fingerprint density at radius 3 is 2.63 bits per heavy atom. The van der Waals surface area contributed by atoms with Crippen LogP contribution in [0.4, 0.5) is 0 Å². The smallest absolute Gasteiger partial charge is 0.139 e. The van der Waals surface area contributed by atoms with E-state index in [1.54, 1.807) is 0 Å². The fraction of sp³-hybridized carbons (Fsp3) is 0.944. The van der Waals surface area contributed by atoms with Crippen LogP contribution in [0.25, 0.3) is 0 Å². The Morgan fingerprint density at radius 2 is 1.74 bits per heavy atom. The van der Waals surface area contributed by atoms with Crippen molar-refractivity contribution >= 4 is 5.78 Å². The van der Waals surface area contributed by atoms with Gasteiger partial charge >= 0.3 is 0 Å². The number of fused-ring (bicyclic) bond motifs is 4. The Bertz CT molecular complexity index is 387. The van der Waals surface area contributed by atoms with Crippen LogP contribution in [0.3, 0.4) is 0 Å². The molecule has 0 aromatic heterocycles. The maximum absolute atomic E-state index is 12.3. The molecule has 0 N–H and O–H groups in total. The SMILES string of the molecule is C[C@]12C[C@H]3CCC4CCCC[C@H]4C3CC1CCC2=O. The Balaban J connectivity index is 1.59. The fourth-order valence-corrected chi connectivity index (χ4v) is 6.44. The molecule has 0 aliphatic heterocycles. The maximum Gasteiger partial charge on any atom is 0.139 e. The van der Waals surface area contributed by atoms with E-state index in [9.17, 15) is 4.79 Å². The van der Waals surface area contributed by atoms with Gasteiger partial charge in [0, 0.05) is 11.8 Å². The number of Topliss-reactive ketones (excluding diaryl/α,β-unsaturated/α-hetero) is 1. The Kier molecular flexibility index (Phi) is 2.83. The van der Waals surface area contributed by atoms with Crippen molar-refractivity contribution in [2.75, 3.05) is 0 Å². The lowest BCUT2D eigenvalue weighted by molar-refractivity contribution is -0.132. The van der Waals surface area contributed by atoms with Crippen LogP contribution < -0.4 is 0 Å². The highest BCUT2D eigenvalue weighted by molar-refractivity contribution is 5.87. The molecule has 4 aliphatic rings. The van der Waals surface area contributed by atoms with Gasteiger partial charge in [-0.2, -0.15) is 0 Å². The Labute approximate surface area is 117 Å². The second-order valence-corrected chi connectivity index (χ2v) is 8.23. The molecular formula is C18H28O. The lowest BCUT2D eigenvalue weighted by Gasteiger charge is -2.53. The zero-order chi connectivity index (χ0) is 13.0. The summed E-state index contributed by atoms with van der Waals surface area (Å²) >= 11 is 0. The van der Waals surface area contributed by atoms with Gasteiger partial charge in [-0.15, -0.1) is 0 Å². The molecule has 0 spiro atoms. The molecule has 0 saturated heterocycles. The minimum atomic E-state index is 0.0860. The van der Waals surface area contributed by atoms with E-state index in [-0.39, 0.29) is 5.41 Å². The van der Waals surface area contributed by atoms with E-state index in [0.29, 0.717) is 5.78 Å². The standard InChI is InChI=1S/C18H28O/c1-18-11-13-7-6-12-4-2-3-5-15(12)16(13)10-14(18)8-9-17(18)19/h12-16H,2-11H2,1H3/t12?,13-,14?,15-,16?,18+/m1/s1. The number of hydrogen-bond donors (Lipinski definition) is 0. The van der Waals surface area contributed by atoms with E-state index < -0.39 is 0 Å². The Morgan fingerprint density at radius 1 is 0.947 bits per heavy atom. The van der Waals surface area contributed by atoms with E-state index >= 15 is 0 Å². The van der Waals surface area contributed by atoms with Crippen LogP contribution in [-0.4, -0.2) is 5.78 Å². The number of rotatable bonds is 0. The molecule has 4 fully saturated rings. The molecule has 0 aromatic carbocycles. The molecule has 0 bridgehead atoms. The van der Waals surface area contributed by atoms with Crippen LogP contribution in [0.2, 0.25) is 0 Å². The van der Waals surface area contributed by atoms with E-state index in [0.717, 1.165) is 36.0 Å². The molecular weight excluding hydrogens is 232 g/mol. The molecule has 0 heterocycles. The first-order chi connectivity index (χ1) is 9.18. The molecule has 4 saturated carbocycles. The predicted molar refractivity (Wildman–Crippen MR) is 76.7 cm³/mol. The van der Waals surface area contributed by atoms with Gasteiger partial charge in [-0.05, 0) is 68.1 Å². The van der Waals surface area contributed by atoms with Gasteiger partial charge in [0.15, 0.2) is 0 Å². The summed E-state index contributed by atoms with van der Waals surface area (Å²) in [7, 11) is 0. The van der Waals surface area contributed by atoms with Crippen LogP contribution in [-0.2, 0) is 4.79 Å². The summed E-state index contributed by atoms with van der Waals surface area (Å²) in [5.74, 6) is 5.30. The number of carbonyl (C=O) groups is 1. The summed E-state index contributed by atoms with van der Waals surface area (Å²) in [6, 6.07) is 0. The molecule has 4 aliphatic carbocycles. The van der Waals surface area contributed by atoms with Crippen molar-refractivity contribution in [1.82, 2.24) is 0 Å². The lowest BCUT2D eigenvalue weighted by atomic mass is 9.52. The molecule has 4 rings (SSSR count). The van der Waals surface area contributed by atoms with E-state index in [1.165, 1.54) is 57.8 Å². The van der Waals surface area contributed by atoms with Gasteiger partial charge in [-0.1, -0.05) is 26.2 Å². The van der Waals surface area contributed by atoms with E-state index in [2.05, 4.69) is 6.92 Å². The van der Waals surface area contributed by atoms with Gasteiger partial charge in [0.05, 0.1) is 0 Å². The largest absolute Gasteiger partial charge is 0.299 e. The van der Waals surface area contributed by atoms with Crippen molar-refractivity contribution in [3.8, 4) is 0 Å². The van der Waals surface area contributed by atoms with Gasteiger partial charge in [-0.25, -0.2) is 0 Å². The van der Waals surface area contributed by atoms with Crippen molar-refractivity contribution in [1.29, 1.82) is 0 Å². The van der Waals surface area contributed by atoms with Gasteiger partial charge in [0.2, 0.25) is 0 Å². The second kappa shape index (κ2) is 4.33. The average Bonchev–Trinajstić information content (AvgIpc) is 2.72. The third-order valence-electron chi connectivity index (χ3n) is 7.53. The van der Waals surface area contributed by atoms with Crippen LogP contribution in [0, 0.1) is 35.0 Å². The monoisotopic (exact) mass is 260 g/mol. The molecule has 1 nitrogen and oxygen atoms in total. The summed E-state index contributed by atoms with van der Waals surface area (Å²) in [6.07, 6.45) is 13.6. The first-order valence-electron chi connectivity index (χ1n) is 8.72. The summed E-state index contributed by atoms with van der Waals surface area (Å²) < 4.78 is 0. The fourth-order valence-electron chi connectivity index (χ4n) is 6.44. The predicted octanol–water partition coefficient (Wildman–Crippen LogP) is 4.60. The van der Waals surface area contributed by atoms with Crippen molar-refractivity contribution in [3.63, 3.8) is 0 Å². The second-order valence-electron chi connectivity index (χ2n) is 8.23. The highest BCUT2D eigenvalue weighted by Crippen LogP contribution is 2.60. The van der Waals surface area contributed by atoms with Gasteiger partial charge < -0.3 is 0 Å². The summed E-state index contributed by atoms with van der Waals surface area (Å²) in [6.45, 7) is 2.30. The third-order valence-corrected chi connectivity index (χ3v) is 7.53. The zero-order valence-electron chi connectivity index (χ0n) is 12.4. The van der Waals surface area contributed by atoms with Gasteiger partial charge in [0.25, 0.3) is 0 Å². The third kappa shape index (κ3) is 1.76. The highest BCUT2D eigenvalue weighted by atomic mass is 16.1. The summed E-state index contributed by atoms with van der Waals surface area (Å²) in [4.78, 5) is 12.3. The van der Waals surface area contributed by atoms with E-state index in [4.69, 9.17) is 0 Å². The van der Waals surface area contributed by atoms with Crippen molar-refractivity contribution in [3.05, 3.63) is 0 Å². The number of carbonyl (C=O) groups excluding carboxylic acids is 1. The van der Waals surface area contributed by atoms with Crippen molar-refractivity contribution in [2.45, 2.75) is 71.1 Å². The van der Waals surface area contributed by atoms with Gasteiger partial charge in [-0.3, -0.25) is 4.79 Å². The molecule has 106 valence electrons. The van der Waals surface area contributed by atoms with Crippen LogP contribution in [0.15, 0.2) is 0 Å². The molecule has 0 aromatic rings. The van der Waals surface area contributed by atoms with Crippen molar-refractivity contribution < 1.29 is 4.79 Å². The topological polar surface area (TPSA) is 17.1 Å². The molecule has 1 heteroatoms. The summed E-state index contributed by atoms with van der Waals surface area (Å²) in [5.41, 5.74) is 0.0860. The molecule has 19 heavy (non-hydrogen) atoms. The zero-order valence-corrected chi connectivity index (χ0v) is 12.4. The molecule has 0 radical (unpaired) electrons. The summed E-state index contributed by atoms with van der Waals surface area (Å²) in [5, 5.41) is 0. The number of ketones is 1. The molecule has 6 atom stereocenters. The molecule has 3 unspecified atom stereocenters. The number of hydrogen-bond acceptors (Lipinski definition) is 1. The van der Waals surface area contributed by atoms with Crippen LogP contribution in [0.1, 0.15) is 71.1 Å². The quantitative estimate of drug-likeness (QED) is 0.622. The maximum atomic E-state index is 12.3. The van der Waals surface area contributed by atoms with Crippen LogP contribution >= 0.6 is 0 Å². The van der Waals surface area contributed by atoms with Gasteiger partial charge in [0.1, 0.15) is 5.78 Å². The first-order valence-corrected chi connectivity index (χ1v) is 8.72. The minimum Gasteiger partial charge on any atom is -0.299 e. The van der Waals surface area contributed by atoms with Crippen molar-refractivity contribution in [2.24, 2.45) is 35.0 Å². The lowest BCUT2D eigenvalue weighted by Crippen LogP contribution is -2.46. The highest BCUT2D eigenvalue weighted by Gasteiger charge is 2.54. The van der Waals surface area contributed by atoms with E-state index in [1.807, 2.05) is 0 Å². The van der Waals surface area contributed by atoms with Crippen LogP contribution in [0.5, 0.6) is 0 Å². The first kappa shape index (κ1) is 12.4. The normalized spacial score (nSPS) is 53.3.